The molecule has 8 heteroatoms. The number of hydrogen-bond donors (Lipinski definition) is 0. The Bertz CT molecular complexity index is 944. The van der Waals surface area contributed by atoms with E-state index in [-0.39, 0.29) is 28.7 Å². The summed E-state index contributed by atoms with van der Waals surface area (Å²) >= 11 is 6.13. The third kappa shape index (κ3) is 4.36. The van der Waals surface area contributed by atoms with Gasteiger partial charge in [-0.2, -0.15) is 9.78 Å². The summed E-state index contributed by atoms with van der Waals surface area (Å²) in [4.78, 5) is 37.7. The van der Waals surface area contributed by atoms with E-state index in [2.05, 4.69) is 5.10 Å². The molecule has 0 spiro atoms. The first-order chi connectivity index (χ1) is 12.6. The van der Waals surface area contributed by atoms with Crippen molar-refractivity contribution in [1.82, 2.24) is 9.78 Å². The molecular weight excluding hydrogens is 372 g/mol. The lowest BCUT2D eigenvalue weighted by molar-refractivity contribution is 0.0523. The van der Waals surface area contributed by atoms with Crippen molar-refractivity contribution in [2.45, 2.75) is 27.7 Å². The minimum atomic E-state index is -0.818. The molecule has 0 aliphatic heterocycles. The molecule has 0 N–H and O–H groups in total. The molecule has 2 aromatic rings. The van der Waals surface area contributed by atoms with Crippen LogP contribution in [0.5, 0.6) is 5.75 Å². The van der Waals surface area contributed by atoms with E-state index in [1.807, 2.05) is 0 Å². The molecule has 2 rings (SSSR count). The van der Waals surface area contributed by atoms with Crippen LogP contribution < -0.4 is 10.3 Å². The molecule has 1 aromatic heterocycles. The summed E-state index contributed by atoms with van der Waals surface area (Å²) < 4.78 is 11.0. The second-order valence-electron chi connectivity index (χ2n) is 6.78. The first-order valence-corrected chi connectivity index (χ1v) is 8.68. The summed E-state index contributed by atoms with van der Waals surface area (Å²) in [6.07, 6.45) is 0. The molecule has 0 unspecified atom stereocenters. The molecule has 27 heavy (non-hydrogen) atoms. The molecular formula is C19H21ClN2O5. The van der Waals surface area contributed by atoms with Crippen molar-refractivity contribution >= 4 is 23.4 Å². The Morgan fingerprint density at radius 1 is 1.22 bits per heavy atom. The monoisotopic (exact) mass is 392 g/mol. The van der Waals surface area contributed by atoms with Gasteiger partial charge in [0.1, 0.15) is 17.0 Å². The maximum Gasteiger partial charge on any atom is 0.343 e. The zero-order valence-corrected chi connectivity index (χ0v) is 16.6. The maximum absolute atomic E-state index is 12.8. The van der Waals surface area contributed by atoms with Crippen LogP contribution in [-0.4, -0.2) is 35.2 Å². The van der Waals surface area contributed by atoms with Crippen LogP contribution in [0, 0.1) is 5.41 Å². The summed E-state index contributed by atoms with van der Waals surface area (Å²) in [5, 5.41) is 4.41. The Labute approximate surface area is 161 Å². The van der Waals surface area contributed by atoms with Crippen LogP contribution in [0.1, 0.15) is 48.5 Å². The van der Waals surface area contributed by atoms with E-state index < -0.39 is 16.9 Å². The fraction of sp³-hybridized carbons (Fsp3) is 0.368. The number of halogens is 1. The van der Waals surface area contributed by atoms with Gasteiger partial charge in [0.05, 0.1) is 24.4 Å². The molecule has 144 valence electrons. The van der Waals surface area contributed by atoms with Crippen molar-refractivity contribution in [3.05, 3.63) is 50.9 Å². The van der Waals surface area contributed by atoms with Crippen LogP contribution in [0.4, 0.5) is 0 Å². The quantitative estimate of drug-likeness (QED) is 0.573. The van der Waals surface area contributed by atoms with E-state index >= 15 is 0 Å². The lowest BCUT2D eigenvalue weighted by Gasteiger charge is -2.17. The molecule has 0 aliphatic carbocycles. The standard InChI is InChI=1S/C19H21ClN2O5/c1-6-27-18(25)12-10-14(16(23)19(2,3)4)21-22(17(12)24)11-7-8-15(26-5)13(20)9-11/h7-10H,6H2,1-5H3. The molecule has 7 nitrogen and oxygen atoms in total. The predicted octanol–water partition coefficient (Wildman–Crippen LogP) is 3.30. The summed E-state index contributed by atoms with van der Waals surface area (Å²) in [5.74, 6) is -0.719. The second kappa shape index (κ2) is 7.92. The van der Waals surface area contributed by atoms with Gasteiger partial charge >= 0.3 is 5.97 Å². The number of benzene rings is 1. The van der Waals surface area contributed by atoms with Crippen LogP contribution >= 0.6 is 11.6 Å². The van der Waals surface area contributed by atoms with E-state index in [0.717, 1.165) is 4.68 Å². The highest BCUT2D eigenvalue weighted by Gasteiger charge is 2.28. The molecule has 0 aliphatic rings. The van der Waals surface area contributed by atoms with Gasteiger partial charge in [-0.3, -0.25) is 9.59 Å². The van der Waals surface area contributed by atoms with Gasteiger partial charge in [0, 0.05) is 5.41 Å². The molecule has 0 saturated carbocycles. The maximum atomic E-state index is 12.8. The first kappa shape index (κ1) is 20.6. The Hall–Kier alpha value is -2.67. The molecule has 0 radical (unpaired) electrons. The van der Waals surface area contributed by atoms with E-state index in [1.54, 1.807) is 39.8 Å². The van der Waals surface area contributed by atoms with Crippen LogP contribution in [0.15, 0.2) is 29.1 Å². The van der Waals surface area contributed by atoms with E-state index in [4.69, 9.17) is 21.1 Å². The van der Waals surface area contributed by atoms with Crippen molar-refractivity contribution in [2.24, 2.45) is 5.41 Å². The molecule has 0 atom stereocenters. The summed E-state index contributed by atoms with van der Waals surface area (Å²) in [6.45, 7) is 6.89. The predicted molar refractivity (Wildman–Crippen MR) is 101 cm³/mol. The van der Waals surface area contributed by atoms with Gasteiger partial charge in [0.2, 0.25) is 0 Å². The van der Waals surface area contributed by atoms with Crippen LogP contribution in [0.25, 0.3) is 5.69 Å². The SMILES string of the molecule is CCOC(=O)c1cc(C(=O)C(C)(C)C)nn(-c2ccc(OC)c(Cl)c2)c1=O. The summed E-state index contributed by atoms with van der Waals surface area (Å²) in [7, 11) is 1.47. The molecule has 0 amide bonds. The molecule has 1 aromatic carbocycles. The largest absolute Gasteiger partial charge is 0.495 e. The smallest absolute Gasteiger partial charge is 0.343 e. The first-order valence-electron chi connectivity index (χ1n) is 8.30. The number of carbonyl (C=O) groups excluding carboxylic acids is 2. The van der Waals surface area contributed by atoms with Crippen molar-refractivity contribution in [3.63, 3.8) is 0 Å². The number of nitrogens with zero attached hydrogens (tertiary/aromatic N) is 2. The third-order valence-electron chi connectivity index (χ3n) is 3.70. The lowest BCUT2D eigenvalue weighted by Crippen LogP contribution is -2.32. The molecule has 1 heterocycles. The van der Waals surface area contributed by atoms with Crippen molar-refractivity contribution in [2.75, 3.05) is 13.7 Å². The topological polar surface area (TPSA) is 87.5 Å². The number of methoxy groups -OCH3 is 1. The van der Waals surface area contributed by atoms with E-state index in [1.165, 1.54) is 19.2 Å². The Morgan fingerprint density at radius 3 is 2.41 bits per heavy atom. The number of hydrogen-bond acceptors (Lipinski definition) is 6. The third-order valence-corrected chi connectivity index (χ3v) is 4.00. The van der Waals surface area contributed by atoms with Gasteiger partial charge in [-0.05, 0) is 31.2 Å². The zero-order chi connectivity index (χ0) is 20.4. The van der Waals surface area contributed by atoms with Crippen LogP contribution in [-0.2, 0) is 4.74 Å². The average Bonchev–Trinajstić information content (AvgIpc) is 2.60. The molecule has 0 fully saturated rings. The fourth-order valence-electron chi connectivity index (χ4n) is 2.31. The van der Waals surface area contributed by atoms with Gasteiger partial charge in [-0.1, -0.05) is 32.4 Å². The highest BCUT2D eigenvalue weighted by atomic mass is 35.5. The Morgan fingerprint density at radius 2 is 1.89 bits per heavy atom. The van der Waals surface area contributed by atoms with Gasteiger partial charge in [0.25, 0.3) is 5.56 Å². The van der Waals surface area contributed by atoms with Gasteiger partial charge in [0.15, 0.2) is 5.78 Å². The Balaban J connectivity index is 2.74. The fourth-order valence-corrected chi connectivity index (χ4v) is 2.56. The average molecular weight is 393 g/mol. The van der Waals surface area contributed by atoms with Gasteiger partial charge in [-0.25, -0.2) is 4.79 Å². The molecule has 0 saturated heterocycles. The molecule has 0 bridgehead atoms. The number of Topliss-reactive ketones (excluding diaryl/α,β-unsaturated/α-hetero) is 1. The minimum Gasteiger partial charge on any atom is -0.495 e. The van der Waals surface area contributed by atoms with E-state index in [9.17, 15) is 14.4 Å². The Kier molecular flexibility index (Phi) is 6.05. The van der Waals surface area contributed by atoms with Crippen molar-refractivity contribution < 1.29 is 19.1 Å². The highest BCUT2D eigenvalue weighted by molar-refractivity contribution is 6.32. The van der Waals surface area contributed by atoms with Crippen molar-refractivity contribution in [3.8, 4) is 11.4 Å². The van der Waals surface area contributed by atoms with Crippen molar-refractivity contribution in [1.29, 1.82) is 0 Å². The number of ether oxygens (including phenoxy) is 2. The number of rotatable bonds is 5. The summed E-state index contributed by atoms with van der Waals surface area (Å²) in [6, 6.07) is 5.76. The number of aromatic nitrogens is 2. The van der Waals surface area contributed by atoms with Crippen LogP contribution in [0.3, 0.4) is 0 Å². The number of ketones is 1. The van der Waals surface area contributed by atoms with Crippen LogP contribution in [0.2, 0.25) is 5.02 Å². The van der Waals surface area contributed by atoms with Gasteiger partial charge in [-0.15, -0.1) is 0 Å². The number of carbonyl (C=O) groups is 2. The summed E-state index contributed by atoms with van der Waals surface area (Å²) in [5.41, 5.74) is -1.46. The normalized spacial score (nSPS) is 11.2. The zero-order valence-electron chi connectivity index (χ0n) is 15.8. The van der Waals surface area contributed by atoms with E-state index in [0.29, 0.717) is 11.4 Å². The van der Waals surface area contributed by atoms with Gasteiger partial charge < -0.3 is 9.47 Å². The second-order valence-corrected chi connectivity index (χ2v) is 7.19. The highest BCUT2D eigenvalue weighted by Crippen LogP contribution is 2.26. The minimum absolute atomic E-state index is 0.0166. The lowest BCUT2D eigenvalue weighted by atomic mass is 9.88. The number of esters is 1.